The Kier molecular flexibility index (Phi) is 2.06. The monoisotopic (exact) mass is 131 g/mol. The van der Waals surface area contributed by atoms with E-state index in [1.807, 2.05) is 0 Å². The van der Waals surface area contributed by atoms with E-state index in [-0.39, 0.29) is 12.7 Å². The summed E-state index contributed by atoms with van der Waals surface area (Å²) in [5.74, 6) is 0. The van der Waals surface area contributed by atoms with Gasteiger partial charge in [0.15, 0.2) is 0 Å². The second-order valence-electron chi connectivity index (χ2n) is 2.93. The molecule has 1 saturated heterocycles. The van der Waals surface area contributed by atoms with E-state index in [4.69, 9.17) is 0 Å². The van der Waals surface area contributed by atoms with Crippen molar-refractivity contribution in [3.05, 3.63) is 0 Å². The lowest BCUT2D eigenvalue weighted by Gasteiger charge is -2.42. The quantitative estimate of drug-likeness (QED) is 0.548. The van der Waals surface area contributed by atoms with Gasteiger partial charge in [-0.3, -0.25) is 4.90 Å². The molecule has 1 heterocycles. The lowest BCUT2D eigenvalue weighted by molar-refractivity contribution is 0.0397. The molecule has 1 atom stereocenters. The number of likely N-dealkylation sites (tertiary alicyclic amines) is 1. The summed E-state index contributed by atoms with van der Waals surface area (Å²) >= 11 is 0. The van der Waals surface area contributed by atoms with E-state index in [9.17, 15) is 4.39 Å². The summed E-state index contributed by atoms with van der Waals surface area (Å²) in [6.07, 6.45) is 1.05. The second kappa shape index (κ2) is 2.65. The van der Waals surface area contributed by atoms with Crippen molar-refractivity contribution in [3.8, 4) is 0 Å². The van der Waals surface area contributed by atoms with Crippen LogP contribution in [0.4, 0.5) is 4.39 Å². The van der Waals surface area contributed by atoms with Crippen LogP contribution in [-0.4, -0.2) is 30.2 Å². The standard InChI is InChI=1S/C7H14FN/c1-6(2)9-4-3-7(9)5-8/h6-7H,3-5H2,1-2H3/t7-/m0/s1. The first-order valence-electron chi connectivity index (χ1n) is 3.57. The fraction of sp³-hybridized carbons (Fsp3) is 1.00. The number of hydrogen-bond acceptors (Lipinski definition) is 1. The van der Waals surface area contributed by atoms with E-state index in [2.05, 4.69) is 18.7 Å². The van der Waals surface area contributed by atoms with Crippen LogP contribution >= 0.6 is 0 Å². The molecule has 0 aromatic carbocycles. The first kappa shape index (κ1) is 7.00. The Morgan fingerprint density at radius 2 is 2.33 bits per heavy atom. The number of rotatable bonds is 2. The fourth-order valence-corrected chi connectivity index (χ4v) is 1.31. The van der Waals surface area contributed by atoms with Gasteiger partial charge in [-0.15, -0.1) is 0 Å². The summed E-state index contributed by atoms with van der Waals surface area (Å²) in [7, 11) is 0. The van der Waals surface area contributed by atoms with E-state index in [1.54, 1.807) is 0 Å². The van der Waals surface area contributed by atoms with E-state index in [1.165, 1.54) is 0 Å². The summed E-state index contributed by atoms with van der Waals surface area (Å²) in [6, 6.07) is 0.768. The number of alkyl halides is 1. The molecule has 0 saturated carbocycles. The van der Waals surface area contributed by atoms with Crippen molar-refractivity contribution >= 4 is 0 Å². The molecule has 0 bridgehead atoms. The van der Waals surface area contributed by atoms with Gasteiger partial charge in [0.05, 0.1) is 0 Å². The van der Waals surface area contributed by atoms with Gasteiger partial charge in [0, 0.05) is 18.6 Å². The fourth-order valence-electron chi connectivity index (χ4n) is 1.31. The van der Waals surface area contributed by atoms with Crippen molar-refractivity contribution < 1.29 is 4.39 Å². The largest absolute Gasteiger partial charge is 0.295 e. The lowest BCUT2D eigenvalue weighted by Crippen LogP contribution is -2.52. The Morgan fingerprint density at radius 1 is 1.67 bits per heavy atom. The zero-order valence-electron chi connectivity index (χ0n) is 6.10. The first-order chi connectivity index (χ1) is 4.25. The summed E-state index contributed by atoms with van der Waals surface area (Å²) in [6.45, 7) is 5.15. The van der Waals surface area contributed by atoms with Gasteiger partial charge >= 0.3 is 0 Å². The zero-order chi connectivity index (χ0) is 6.85. The maximum absolute atomic E-state index is 12.0. The highest BCUT2D eigenvalue weighted by molar-refractivity contribution is 4.84. The van der Waals surface area contributed by atoms with Gasteiger partial charge in [0.2, 0.25) is 0 Å². The minimum absolute atomic E-state index is 0.168. The molecule has 54 valence electrons. The number of nitrogens with zero attached hydrogens (tertiary/aromatic N) is 1. The highest BCUT2D eigenvalue weighted by atomic mass is 19.1. The molecule has 9 heavy (non-hydrogen) atoms. The van der Waals surface area contributed by atoms with Gasteiger partial charge in [-0.2, -0.15) is 0 Å². The molecule has 0 amide bonds. The number of halogens is 1. The molecule has 1 rings (SSSR count). The third-order valence-electron chi connectivity index (χ3n) is 2.03. The first-order valence-corrected chi connectivity index (χ1v) is 3.57. The summed E-state index contributed by atoms with van der Waals surface area (Å²) < 4.78 is 12.0. The third-order valence-corrected chi connectivity index (χ3v) is 2.03. The van der Waals surface area contributed by atoms with E-state index in [0.29, 0.717) is 6.04 Å². The van der Waals surface area contributed by atoms with Crippen LogP contribution in [-0.2, 0) is 0 Å². The topological polar surface area (TPSA) is 3.24 Å². The van der Waals surface area contributed by atoms with Gasteiger partial charge in [0.25, 0.3) is 0 Å². The third kappa shape index (κ3) is 1.23. The van der Waals surface area contributed by atoms with Crippen LogP contribution in [0.3, 0.4) is 0 Å². The van der Waals surface area contributed by atoms with Crippen molar-refractivity contribution in [2.75, 3.05) is 13.2 Å². The Labute approximate surface area is 55.8 Å². The predicted molar refractivity (Wildman–Crippen MR) is 36.2 cm³/mol. The molecule has 0 aromatic heterocycles. The Balaban J connectivity index is 2.27. The van der Waals surface area contributed by atoms with Crippen LogP contribution in [0.2, 0.25) is 0 Å². The average Bonchev–Trinajstić information content (AvgIpc) is 1.61. The molecule has 2 heteroatoms. The maximum Gasteiger partial charge on any atom is 0.105 e. The molecule has 0 spiro atoms. The Hall–Kier alpha value is -0.110. The van der Waals surface area contributed by atoms with Crippen molar-refractivity contribution in [1.82, 2.24) is 4.90 Å². The maximum atomic E-state index is 12.0. The van der Waals surface area contributed by atoms with Gasteiger partial charge in [0.1, 0.15) is 6.67 Å². The normalized spacial score (nSPS) is 28.7. The highest BCUT2D eigenvalue weighted by Gasteiger charge is 2.29. The van der Waals surface area contributed by atoms with Crippen molar-refractivity contribution in [2.24, 2.45) is 0 Å². The van der Waals surface area contributed by atoms with E-state index < -0.39 is 0 Å². The van der Waals surface area contributed by atoms with Crippen LogP contribution in [0.25, 0.3) is 0 Å². The molecule has 0 radical (unpaired) electrons. The minimum atomic E-state index is -0.168. The molecule has 1 aliphatic rings. The van der Waals surface area contributed by atoms with Crippen LogP contribution in [0.1, 0.15) is 20.3 Å². The van der Waals surface area contributed by atoms with Gasteiger partial charge in [-0.25, -0.2) is 4.39 Å². The SMILES string of the molecule is CC(C)N1CC[C@H]1CF. The summed E-state index contributed by atoms with van der Waals surface area (Å²) in [5.41, 5.74) is 0. The Morgan fingerprint density at radius 3 is 2.44 bits per heavy atom. The lowest BCUT2D eigenvalue weighted by atomic mass is 10.0. The molecular formula is C7H14FN. The van der Waals surface area contributed by atoms with Crippen LogP contribution in [0.15, 0.2) is 0 Å². The molecule has 1 aliphatic heterocycles. The van der Waals surface area contributed by atoms with Crippen molar-refractivity contribution in [3.63, 3.8) is 0 Å². The minimum Gasteiger partial charge on any atom is -0.295 e. The zero-order valence-corrected chi connectivity index (χ0v) is 6.10. The highest BCUT2D eigenvalue weighted by Crippen LogP contribution is 2.19. The van der Waals surface area contributed by atoms with E-state index in [0.717, 1.165) is 13.0 Å². The molecule has 1 fully saturated rings. The summed E-state index contributed by atoms with van der Waals surface area (Å²) in [5, 5.41) is 0. The average molecular weight is 131 g/mol. The second-order valence-corrected chi connectivity index (χ2v) is 2.93. The molecule has 0 N–H and O–H groups in total. The number of hydrogen-bond donors (Lipinski definition) is 0. The van der Waals surface area contributed by atoms with Crippen LogP contribution in [0.5, 0.6) is 0 Å². The summed E-state index contributed by atoms with van der Waals surface area (Å²) in [4.78, 5) is 2.19. The molecule has 0 aromatic rings. The van der Waals surface area contributed by atoms with Gasteiger partial charge in [-0.05, 0) is 20.3 Å². The molecular weight excluding hydrogens is 117 g/mol. The van der Waals surface area contributed by atoms with Gasteiger partial charge < -0.3 is 0 Å². The molecule has 1 nitrogen and oxygen atoms in total. The molecule has 0 aliphatic carbocycles. The van der Waals surface area contributed by atoms with Crippen molar-refractivity contribution in [1.29, 1.82) is 0 Å². The smallest absolute Gasteiger partial charge is 0.105 e. The predicted octanol–water partition coefficient (Wildman–Crippen LogP) is 1.44. The van der Waals surface area contributed by atoms with Gasteiger partial charge in [-0.1, -0.05) is 0 Å². The van der Waals surface area contributed by atoms with Crippen LogP contribution in [0, 0.1) is 0 Å². The van der Waals surface area contributed by atoms with Crippen LogP contribution < -0.4 is 0 Å². The van der Waals surface area contributed by atoms with E-state index >= 15 is 0 Å². The molecule has 0 unspecified atom stereocenters. The van der Waals surface area contributed by atoms with Crippen molar-refractivity contribution in [2.45, 2.75) is 32.4 Å². The Bertz CT molecular complexity index is 90.9.